The zero-order chi connectivity index (χ0) is 18.4. The van der Waals surface area contributed by atoms with Crippen LogP contribution in [0.3, 0.4) is 0 Å². The second-order valence-corrected chi connectivity index (χ2v) is 9.99. The summed E-state index contributed by atoms with van der Waals surface area (Å²) in [5.74, 6) is 0.827. The molecule has 3 fully saturated rings. The normalized spacial score (nSPS) is 28.0. The monoisotopic (exact) mass is 380 g/mol. The second-order valence-electron chi connectivity index (χ2n) is 8.05. The van der Waals surface area contributed by atoms with E-state index in [0.29, 0.717) is 32.0 Å². The molecule has 4 rings (SSSR count). The Labute approximate surface area is 155 Å². The van der Waals surface area contributed by atoms with E-state index >= 15 is 0 Å². The van der Waals surface area contributed by atoms with Crippen LogP contribution in [0.2, 0.25) is 0 Å². The van der Waals surface area contributed by atoms with Crippen molar-refractivity contribution in [2.45, 2.75) is 56.9 Å². The lowest BCUT2D eigenvalue weighted by Crippen LogP contribution is -2.52. The average molecular weight is 381 g/mol. The number of hydrogen-bond donors (Lipinski definition) is 0. The molecule has 0 bridgehead atoms. The van der Waals surface area contributed by atoms with Crippen molar-refractivity contribution in [3.8, 4) is 0 Å². The third-order valence-electron chi connectivity index (χ3n) is 6.42. The molecule has 3 heterocycles. The van der Waals surface area contributed by atoms with E-state index in [1.165, 1.54) is 29.8 Å². The zero-order valence-corrected chi connectivity index (χ0v) is 16.2. The number of carbonyl (C=O) groups is 1. The highest BCUT2D eigenvalue weighted by atomic mass is 32.2. The first-order chi connectivity index (χ1) is 12.4. The number of likely N-dealkylation sites (tertiary alicyclic amines) is 1. The summed E-state index contributed by atoms with van der Waals surface area (Å²) < 4.78 is 29.0. The maximum absolute atomic E-state index is 13.2. The molecule has 7 nitrogen and oxygen atoms in total. The maximum Gasteiger partial charge on any atom is 0.246 e. The van der Waals surface area contributed by atoms with Gasteiger partial charge >= 0.3 is 0 Å². The highest BCUT2D eigenvalue weighted by Gasteiger charge is 2.51. The van der Waals surface area contributed by atoms with E-state index in [9.17, 15) is 13.2 Å². The van der Waals surface area contributed by atoms with Crippen molar-refractivity contribution >= 4 is 15.9 Å². The summed E-state index contributed by atoms with van der Waals surface area (Å²) in [6, 6.07) is 0. The SMILES string of the molecule is CCn1cc(S(=O)(=O)N2CC[C@]3(CCCN(CC4CCC4)C3=O)C2)cn1. The summed E-state index contributed by atoms with van der Waals surface area (Å²) in [5.41, 5.74) is -0.518. The van der Waals surface area contributed by atoms with Gasteiger partial charge in [0.1, 0.15) is 4.90 Å². The first-order valence-electron chi connectivity index (χ1n) is 9.77. The Morgan fingerprint density at radius 1 is 1.23 bits per heavy atom. The molecule has 0 radical (unpaired) electrons. The van der Waals surface area contributed by atoms with Crippen molar-refractivity contribution in [1.29, 1.82) is 0 Å². The fourth-order valence-corrected chi connectivity index (χ4v) is 6.01. The number of hydrogen-bond acceptors (Lipinski definition) is 4. The minimum atomic E-state index is -3.58. The predicted octanol–water partition coefficient (Wildman–Crippen LogP) is 1.71. The summed E-state index contributed by atoms with van der Waals surface area (Å²) in [7, 11) is -3.58. The van der Waals surface area contributed by atoms with E-state index < -0.39 is 15.4 Å². The molecule has 8 heteroatoms. The molecule has 2 aliphatic heterocycles. The minimum Gasteiger partial charge on any atom is -0.342 e. The van der Waals surface area contributed by atoms with Gasteiger partial charge < -0.3 is 4.90 Å². The van der Waals surface area contributed by atoms with Gasteiger partial charge in [-0.3, -0.25) is 9.48 Å². The molecule has 1 amide bonds. The molecule has 1 spiro atoms. The molecule has 1 atom stereocenters. The molecule has 2 saturated heterocycles. The molecule has 0 N–H and O–H groups in total. The number of sulfonamides is 1. The summed E-state index contributed by atoms with van der Waals surface area (Å²) in [5, 5.41) is 4.09. The molecular formula is C18H28N4O3S. The topological polar surface area (TPSA) is 75.5 Å². The number of rotatable bonds is 5. The highest BCUT2D eigenvalue weighted by molar-refractivity contribution is 7.89. The van der Waals surface area contributed by atoms with Gasteiger partial charge in [-0.1, -0.05) is 6.42 Å². The van der Waals surface area contributed by atoms with Gasteiger partial charge in [0.15, 0.2) is 0 Å². The number of aryl methyl sites for hydroxylation is 1. The van der Waals surface area contributed by atoms with Gasteiger partial charge in [-0.05, 0) is 44.9 Å². The molecule has 144 valence electrons. The van der Waals surface area contributed by atoms with Crippen molar-refractivity contribution in [3.05, 3.63) is 12.4 Å². The molecule has 0 aromatic carbocycles. The lowest BCUT2D eigenvalue weighted by atomic mass is 9.77. The zero-order valence-electron chi connectivity index (χ0n) is 15.4. The smallest absolute Gasteiger partial charge is 0.246 e. The maximum atomic E-state index is 13.2. The Morgan fingerprint density at radius 3 is 2.69 bits per heavy atom. The average Bonchev–Trinajstić information content (AvgIpc) is 3.23. The van der Waals surface area contributed by atoms with Gasteiger partial charge in [0, 0.05) is 38.9 Å². The number of piperidine rings is 1. The number of carbonyl (C=O) groups excluding carboxylic acids is 1. The minimum absolute atomic E-state index is 0.178. The number of aromatic nitrogens is 2. The highest BCUT2D eigenvalue weighted by Crippen LogP contribution is 2.42. The van der Waals surface area contributed by atoms with E-state index in [2.05, 4.69) is 5.10 Å². The molecule has 1 aliphatic carbocycles. The van der Waals surface area contributed by atoms with Crippen LogP contribution >= 0.6 is 0 Å². The van der Waals surface area contributed by atoms with E-state index in [1.54, 1.807) is 10.9 Å². The quantitative estimate of drug-likeness (QED) is 0.779. The van der Waals surface area contributed by atoms with Crippen LogP contribution < -0.4 is 0 Å². The lowest BCUT2D eigenvalue weighted by molar-refractivity contribution is -0.146. The predicted molar refractivity (Wildman–Crippen MR) is 96.9 cm³/mol. The Hall–Kier alpha value is -1.41. The Kier molecular flexibility index (Phi) is 4.59. The van der Waals surface area contributed by atoms with Crippen LogP contribution in [0.1, 0.15) is 45.4 Å². The van der Waals surface area contributed by atoms with Gasteiger partial charge in [0.05, 0.1) is 11.6 Å². The van der Waals surface area contributed by atoms with Crippen molar-refractivity contribution in [2.75, 3.05) is 26.2 Å². The van der Waals surface area contributed by atoms with E-state index in [1.807, 2.05) is 11.8 Å². The molecular weight excluding hydrogens is 352 g/mol. The van der Waals surface area contributed by atoms with Crippen LogP contribution in [0.25, 0.3) is 0 Å². The third kappa shape index (κ3) is 2.97. The number of amides is 1. The van der Waals surface area contributed by atoms with E-state index in [0.717, 1.165) is 25.9 Å². The lowest BCUT2D eigenvalue weighted by Gasteiger charge is -2.42. The number of nitrogens with zero attached hydrogens (tertiary/aromatic N) is 4. The Morgan fingerprint density at radius 2 is 2.04 bits per heavy atom. The van der Waals surface area contributed by atoms with Crippen molar-refractivity contribution < 1.29 is 13.2 Å². The van der Waals surface area contributed by atoms with Gasteiger partial charge in [-0.15, -0.1) is 0 Å². The molecule has 26 heavy (non-hydrogen) atoms. The van der Waals surface area contributed by atoms with Gasteiger partial charge in [0.2, 0.25) is 15.9 Å². The molecule has 3 aliphatic rings. The van der Waals surface area contributed by atoms with Crippen LogP contribution in [0.5, 0.6) is 0 Å². The van der Waals surface area contributed by atoms with Crippen LogP contribution in [0.15, 0.2) is 17.3 Å². The van der Waals surface area contributed by atoms with Crippen molar-refractivity contribution in [2.24, 2.45) is 11.3 Å². The van der Waals surface area contributed by atoms with Crippen molar-refractivity contribution in [1.82, 2.24) is 19.0 Å². The molecule has 1 aromatic heterocycles. The first kappa shape index (κ1) is 18.0. The van der Waals surface area contributed by atoms with Gasteiger partial charge in [-0.2, -0.15) is 9.40 Å². The van der Waals surface area contributed by atoms with Crippen molar-refractivity contribution in [3.63, 3.8) is 0 Å². The fourth-order valence-electron chi connectivity index (χ4n) is 4.53. The standard InChI is InChI=1S/C18H28N4O3S/c1-2-21-13-16(11-19-21)26(24,25)22-10-8-18(14-22)7-4-9-20(17(18)23)12-15-5-3-6-15/h11,13,15H,2-10,12,14H2,1H3/t18-/m1/s1. The summed E-state index contributed by atoms with van der Waals surface area (Å²) >= 11 is 0. The van der Waals surface area contributed by atoms with Crippen LogP contribution in [-0.4, -0.2) is 59.5 Å². The van der Waals surface area contributed by atoms with Crippen LogP contribution in [0, 0.1) is 11.3 Å². The van der Waals surface area contributed by atoms with E-state index in [4.69, 9.17) is 0 Å². The molecule has 1 aromatic rings. The summed E-state index contributed by atoms with van der Waals surface area (Å²) in [6.45, 7) is 4.97. The summed E-state index contributed by atoms with van der Waals surface area (Å²) in [4.78, 5) is 15.4. The first-order valence-corrected chi connectivity index (χ1v) is 11.2. The largest absolute Gasteiger partial charge is 0.342 e. The fraction of sp³-hybridized carbons (Fsp3) is 0.778. The van der Waals surface area contributed by atoms with Crippen LogP contribution in [0.4, 0.5) is 0 Å². The van der Waals surface area contributed by atoms with Gasteiger partial charge in [-0.25, -0.2) is 8.42 Å². The van der Waals surface area contributed by atoms with Crippen LogP contribution in [-0.2, 0) is 21.4 Å². The Balaban J connectivity index is 1.50. The molecule has 1 saturated carbocycles. The Bertz CT molecular complexity index is 786. The second kappa shape index (κ2) is 6.64. The third-order valence-corrected chi connectivity index (χ3v) is 8.22. The van der Waals surface area contributed by atoms with Gasteiger partial charge in [0.25, 0.3) is 0 Å². The van der Waals surface area contributed by atoms with E-state index in [-0.39, 0.29) is 10.8 Å². The molecule has 0 unspecified atom stereocenters. The summed E-state index contributed by atoms with van der Waals surface area (Å²) in [6.07, 6.45) is 9.11.